The molecule has 21 heavy (non-hydrogen) atoms. The van der Waals surface area contributed by atoms with Crippen LogP contribution in [0.2, 0.25) is 0 Å². The lowest BCUT2D eigenvalue weighted by atomic mass is 10.3. The van der Waals surface area contributed by atoms with Gasteiger partial charge in [-0.05, 0) is 27.8 Å². The largest absolute Gasteiger partial charge is 0.870 e. The first kappa shape index (κ1) is 14.7. The zero-order valence-electron chi connectivity index (χ0n) is 11.9. The summed E-state index contributed by atoms with van der Waals surface area (Å²) in [6, 6.07) is 9.61. The molecule has 0 atom stereocenters. The van der Waals surface area contributed by atoms with Gasteiger partial charge in [0.2, 0.25) is 5.82 Å². The number of tetrazole rings is 2. The third-order valence-electron chi connectivity index (χ3n) is 2.69. The van der Waals surface area contributed by atoms with Crippen molar-refractivity contribution in [2.24, 2.45) is 0 Å². The molecular formula is C11H15N9O. The molecule has 3 aromatic rings. The van der Waals surface area contributed by atoms with Crippen LogP contribution in [0.3, 0.4) is 0 Å². The average molecular weight is 289 g/mol. The minimum absolute atomic E-state index is 0. The Morgan fingerprint density at radius 1 is 0.857 bits per heavy atom. The van der Waals surface area contributed by atoms with Gasteiger partial charge in [-0.3, -0.25) is 0 Å². The molecular weight excluding hydrogens is 274 g/mol. The van der Waals surface area contributed by atoms with Crippen LogP contribution in [0.4, 0.5) is 0 Å². The highest BCUT2D eigenvalue weighted by Crippen LogP contribution is 2.16. The monoisotopic (exact) mass is 289 g/mol. The molecule has 0 aliphatic heterocycles. The highest BCUT2D eigenvalue weighted by Gasteiger charge is 2.25. The average Bonchev–Trinajstić information content (AvgIpc) is 3.07. The van der Waals surface area contributed by atoms with Gasteiger partial charge in [-0.1, -0.05) is 28.1 Å². The summed E-state index contributed by atoms with van der Waals surface area (Å²) in [6.45, 7) is 0. The third-order valence-corrected chi connectivity index (χ3v) is 2.69. The Bertz CT molecular complexity index is 713. The van der Waals surface area contributed by atoms with Crippen LogP contribution in [0.15, 0.2) is 30.3 Å². The van der Waals surface area contributed by atoms with E-state index in [1.54, 1.807) is 9.47 Å². The zero-order valence-corrected chi connectivity index (χ0v) is 11.9. The Hall–Kier alpha value is -2.72. The van der Waals surface area contributed by atoms with Crippen molar-refractivity contribution in [3.63, 3.8) is 0 Å². The number of benzene rings is 1. The molecule has 2 heterocycles. The molecule has 10 heteroatoms. The minimum Gasteiger partial charge on any atom is -0.870 e. The van der Waals surface area contributed by atoms with E-state index in [0.717, 1.165) is 5.69 Å². The van der Waals surface area contributed by atoms with E-state index in [1.165, 1.54) is 0 Å². The first-order chi connectivity index (χ1) is 9.57. The second-order valence-corrected chi connectivity index (χ2v) is 5.08. The fourth-order valence-corrected chi connectivity index (χ4v) is 1.79. The van der Waals surface area contributed by atoms with Crippen LogP contribution < -0.4 is 4.59 Å². The van der Waals surface area contributed by atoms with E-state index in [4.69, 9.17) is 0 Å². The summed E-state index contributed by atoms with van der Waals surface area (Å²) in [7, 11) is 5.86. The topological polar surface area (TPSA) is 117 Å². The van der Waals surface area contributed by atoms with Crippen LogP contribution in [-0.4, -0.2) is 67.1 Å². The van der Waals surface area contributed by atoms with Crippen LogP contribution in [0.1, 0.15) is 0 Å². The van der Waals surface area contributed by atoms with Crippen molar-refractivity contribution in [3.05, 3.63) is 30.3 Å². The van der Waals surface area contributed by atoms with Gasteiger partial charge >= 0.3 is 0 Å². The summed E-state index contributed by atoms with van der Waals surface area (Å²) in [4.78, 5) is 1.64. The van der Waals surface area contributed by atoms with E-state index in [2.05, 4.69) is 31.1 Å². The highest BCUT2D eigenvalue weighted by molar-refractivity contribution is 5.47. The lowest BCUT2D eigenvalue weighted by Gasteiger charge is -2.22. The summed E-state index contributed by atoms with van der Waals surface area (Å²) >= 11 is 0. The molecule has 0 bridgehead atoms. The second kappa shape index (κ2) is 5.34. The van der Waals surface area contributed by atoms with Crippen molar-refractivity contribution in [1.82, 2.24) is 45.1 Å². The Morgan fingerprint density at radius 3 is 2.14 bits per heavy atom. The maximum Gasteiger partial charge on any atom is 0.275 e. The predicted molar refractivity (Wildman–Crippen MR) is 73.2 cm³/mol. The maximum absolute atomic E-state index is 4.04. The van der Waals surface area contributed by atoms with Gasteiger partial charge in [0.25, 0.3) is 5.82 Å². The Balaban J connectivity index is 0.00000161. The standard InChI is InChI=1S/C11H14N9.H2O/c1-20(2,3)19-11(13-15-17-19)10-12-14-16-18(10)9-7-5-4-6-8-9;/h4-8H,1-3H3;1H2/q+1;/p-1. The predicted octanol–water partition coefficient (Wildman–Crippen LogP) is -0.533. The lowest BCUT2D eigenvalue weighted by Crippen LogP contribution is -2.48. The van der Waals surface area contributed by atoms with Gasteiger partial charge in [0, 0.05) is 5.21 Å². The van der Waals surface area contributed by atoms with Crippen LogP contribution >= 0.6 is 0 Å². The summed E-state index contributed by atoms with van der Waals surface area (Å²) in [5, 5.41) is 23.5. The van der Waals surface area contributed by atoms with Crippen LogP contribution in [0, 0.1) is 0 Å². The van der Waals surface area contributed by atoms with Gasteiger partial charge in [0.05, 0.1) is 26.8 Å². The van der Waals surface area contributed by atoms with Crippen LogP contribution in [-0.2, 0) is 0 Å². The van der Waals surface area contributed by atoms with Gasteiger partial charge in [-0.15, -0.1) is 5.10 Å². The maximum atomic E-state index is 4.04. The molecule has 1 N–H and O–H groups in total. The van der Waals surface area contributed by atoms with Gasteiger partial charge < -0.3 is 5.48 Å². The quantitative estimate of drug-likeness (QED) is 0.594. The number of hydrogen-bond donors (Lipinski definition) is 0. The molecule has 1 aromatic carbocycles. The van der Waals surface area contributed by atoms with E-state index in [-0.39, 0.29) is 5.48 Å². The van der Waals surface area contributed by atoms with Crippen molar-refractivity contribution in [2.75, 3.05) is 21.1 Å². The molecule has 3 rings (SSSR count). The van der Waals surface area contributed by atoms with Gasteiger partial charge in [-0.25, -0.2) is 4.59 Å². The smallest absolute Gasteiger partial charge is 0.275 e. The molecule has 0 unspecified atom stereocenters. The first-order valence-corrected chi connectivity index (χ1v) is 6.02. The Kier molecular flexibility index (Phi) is 3.74. The van der Waals surface area contributed by atoms with Gasteiger partial charge in [0.1, 0.15) is 0 Å². The molecule has 0 fully saturated rings. The first-order valence-electron chi connectivity index (χ1n) is 6.02. The number of quaternary nitrogens is 1. The second-order valence-electron chi connectivity index (χ2n) is 5.08. The number of para-hydroxylation sites is 1. The fraction of sp³-hybridized carbons (Fsp3) is 0.273. The van der Waals surface area contributed by atoms with E-state index in [9.17, 15) is 0 Å². The minimum atomic E-state index is 0. The third kappa shape index (κ3) is 2.61. The molecule has 0 spiro atoms. The van der Waals surface area contributed by atoms with Gasteiger partial charge in [0.15, 0.2) is 0 Å². The zero-order chi connectivity index (χ0) is 14.2. The van der Waals surface area contributed by atoms with Gasteiger partial charge in [-0.2, -0.15) is 4.68 Å². The number of nitrogens with zero attached hydrogens (tertiary/aromatic N) is 9. The molecule has 0 aliphatic carbocycles. The highest BCUT2D eigenvalue weighted by atomic mass is 16.0. The molecule has 0 saturated heterocycles. The molecule has 110 valence electrons. The number of aromatic nitrogens is 8. The van der Waals surface area contributed by atoms with Crippen molar-refractivity contribution < 1.29 is 5.48 Å². The SMILES string of the molecule is C[N+](C)(C)n1nnnc1-c1nnnn1-c1ccccc1.[OH-]. The summed E-state index contributed by atoms with van der Waals surface area (Å²) < 4.78 is 2.02. The lowest BCUT2D eigenvalue weighted by molar-refractivity contribution is 0.223. The van der Waals surface area contributed by atoms with E-state index in [1.807, 2.05) is 51.5 Å². The summed E-state index contributed by atoms with van der Waals surface area (Å²) in [6.07, 6.45) is 0. The van der Waals surface area contributed by atoms with E-state index >= 15 is 0 Å². The van der Waals surface area contributed by atoms with E-state index < -0.39 is 0 Å². The molecule has 0 amide bonds. The molecule has 0 saturated carbocycles. The van der Waals surface area contributed by atoms with E-state index in [0.29, 0.717) is 16.2 Å². The molecule has 0 radical (unpaired) electrons. The summed E-state index contributed by atoms with van der Waals surface area (Å²) in [5.74, 6) is 1.00. The molecule has 0 aliphatic rings. The normalized spacial score (nSPS) is 11.2. The molecule has 2 aromatic heterocycles. The Labute approximate surface area is 120 Å². The fourth-order valence-electron chi connectivity index (χ4n) is 1.79. The Morgan fingerprint density at radius 2 is 1.48 bits per heavy atom. The van der Waals surface area contributed by atoms with Crippen molar-refractivity contribution in [1.29, 1.82) is 0 Å². The number of hydrogen-bond acceptors (Lipinski definition) is 7. The molecule has 10 nitrogen and oxygen atoms in total. The van der Waals surface area contributed by atoms with Crippen molar-refractivity contribution in [2.45, 2.75) is 0 Å². The number of rotatable bonds is 3. The van der Waals surface area contributed by atoms with Crippen molar-refractivity contribution in [3.8, 4) is 17.3 Å². The van der Waals surface area contributed by atoms with Crippen molar-refractivity contribution >= 4 is 0 Å². The summed E-state index contributed by atoms with van der Waals surface area (Å²) in [5.41, 5.74) is 0.850. The van der Waals surface area contributed by atoms with Crippen LogP contribution in [0.5, 0.6) is 0 Å². The van der Waals surface area contributed by atoms with Crippen LogP contribution in [0.25, 0.3) is 17.3 Å².